The van der Waals surface area contributed by atoms with Crippen molar-refractivity contribution in [2.24, 2.45) is 5.10 Å². The van der Waals surface area contributed by atoms with Crippen LogP contribution in [0.4, 0.5) is 5.69 Å². The van der Waals surface area contributed by atoms with Crippen LogP contribution in [0.1, 0.15) is 18.2 Å². The zero-order valence-electron chi connectivity index (χ0n) is 15.3. The molecule has 1 amide bonds. The summed E-state index contributed by atoms with van der Waals surface area (Å²) in [5.74, 6) is -0.601. The molecule has 1 aliphatic heterocycles. The maximum atomic E-state index is 12.8. The fourth-order valence-electron chi connectivity index (χ4n) is 2.98. The van der Waals surface area contributed by atoms with Crippen molar-refractivity contribution < 1.29 is 14.3 Å². The number of aromatic nitrogens is 2. The highest BCUT2D eigenvalue weighted by Gasteiger charge is 2.29. The van der Waals surface area contributed by atoms with E-state index in [1.807, 2.05) is 6.07 Å². The SMILES string of the molecule is CC1=NN(c2ccccc2)C(=O)C1=Cc1c(O)n(Cc2ccco2)c(=O)[nH]c1=O. The lowest BCUT2D eigenvalue weighted by Gasteiger charge is -2.11. The molecule has 2 aromatic heterocycles. The second-order valence-corrected chi connectivity index (χ2v) is 6.36. The van der Waals surface area contributed by atoms with E-state index in [2.05, 4.69) is 10.1 Å². The van der Waals surface area contributed by atoms with Gasteiger partial charge in [0.1, 0.15) is 11.3 Å². The average molecular weight is 392 g/mol. The summed E-state index contributed by atoms with van der Waals surface area (Å²) < 4.78 is 6.14. The molecule has 1 aromatic carbocycles. The summed E-state index contributed by atoms with van der Waals surface area (Å²) in [5.41, 5.74) is -0.737. The highest BCUT2D eigenvalue weighted by molar-refractivity contribution is 6.32. The van der Waals surface area contributed by atoms with E-state index in [0.717, 1.165) is 4.57 Å². The van der Waals surface area contributed by atoms with Gasteiger partial charge < -0.3 is 9.52 Å². The van der Waals surface area contributed by atoms with Crippen molar-refractivity contribution in [1.29, 1.82) is 0 Å². The predicted molar refractivity (Wildman–Crippen MR) is 106 cm³/mol. The van der Waals surface area contributed by atoms with Crippen LogP contribution in [0.25, 0.3) is 6.08 Å². The number of benzene rings is 1. The van der Waals surface area contributed by atoms with Gasteiger partial charge in [0, 0.05) is 0 Å². The van der Waals surface area contributed by atoms with E-state index in [0.29, 0.717) is 17.2 Å². The molecule has 2 N–H and O–H groups in total. The normalized spacial score (nSPS) is 15.2. The molecule has 9 heteroatoms. The number of amides is 1. The lowest BCUT2D eigenvalue weighted by Crippen LogP contribution is -2.32. The number of carbonyl (C=O) groups is 1. The molecule has 0 aliphatic carbocycles. The van der Waals surface area contributed by atoms with Gasteiger partial charge in [-0.25, -0.2) is 4.79 Å². The van der Waals surface area contributed by atoms with Crippen LogP contribution in [0, 0.1) is 0 Å². The maximum Gasteiger partial charge on any atom is 0.331 e. The number of furan rings is 1. The van der Waals surface area contributed by atoms with Gasteiger partial charge in [-0.3, -0.25) is 19.1 Å². The molecule has 0 radical (unpaired) electrons. The Balaban J connectivity index is 1.77. The first-order chi connectivity index (χ1) is 14.0. The van der Waals surface area contributed by atoms with Crippen LogP contribution < -0.4 is 16.3 Å². The minimum atomic E-state index is -0.811. The van der Waals surface area contributed by atoms with Crippen molar-refractivity contribution in [2.75, 3.05) is 5.01 Å². The zero-order chi connectivity index (χ0) is 20.5. The van der Waals surface area contributed by atoms with Gasteiger partial charge in [-0.1, -0.05) is 18.2 Å². The van der Waals surface area contributed by atoms with Crippen molar-refractivity contribution in [2.45, 2.75) is 13.5 Å². The molecule has 3 aromatic rings. The van der Waals surface area contributed by atoms with E-state index in [-0.39, 0.29) is 17.7 Å². The summed E-state index contributed by atoms with van der Waals surface area (Å²) in [4.78, 5) is 39.4. The van der Waals surface area contributed by atoms with Crippen LogP contribution in [0.15, 0.2) is 73.4 Å². The lowest BCUT2D eigenvalue weighted by molar-refractivity contribution is -0.114. The number of carbonyl (C=O) groups excluding carboxylic acids is 1. The van der Waals surface area contributed by atoms with Crippen LogP contribution in [-0.4, -0.2) is 26.3 Å². The minimum absolute atomic E-state index is 0.0816. The van der Waals surface area contributed by atoms with Crippen LogP contribution in [0.2, 0.25) is 0 Å². The van der Waals surface area contributed by atoms with Crippen molar-refractivity contribution in [3.8, 4) is 5.88 Å². The second-order valence-electron chi connectivity index (χ2n) is 6.36. The molecule has 146 valence electrons. The molecule has 0 unspecified atom stereocenters. The number of aromatic amines is 1. The van der Waals surface area contributed by atoms with Gasteiger partial charge in [-0.15, -0.1) is 0 Å². The first-order valence-corrected chi connectivity index (χ1v) is 8.71. The van der Waals surface area contributed by atoms with Gasteiger partial charge in [0.25, 0.3) is 11.5 Å². The van der Waals surface area contributed by atoms with Crippen molar-refractivity contribution in [1.82, 2.24) is 9.55 Å². The van der Waals surface area contributed by atoms with Crippen LogP contribution in [0.5, 0.6) is 5.88 Å². The maximum absolute atomic E-state index is 12.8. The number of hydrogen-bond acceptors (Lipinski definition) is 6. The summed E-state index contributed by atoms with van der Waals surface area (Å²) in [7, 11) is 0. The summed E-state index contributed by atoms with van der Waals surface area (Å²) >= 11 is 0. The monoisotopic (exact) mass is 392 g/mol. The highest BCUT2D eigenvalue weighted by atomic mass is 16.3. The highest BCUT2D eigenvalue weighted by Crippen LogP contribution is 2.25. The Morgan fingerprint density at radius 2 is 1.90 bits per heavy atom. The summed E-state index contributed by atoms with van der Waals surface area (Å²) in [6, 6.07) is 12.1. The van der Waals surface area contributed by atoms with Crippen LogP contribution in [0.3, 0.4) is 0 Å². The smallest absolute Gasteiger partial charge is 0.331 e. The largest absolute Gasteiger partial charge is 0.494 e. The summed E-state index contributed by atoms with van der Waals surface area (Å²) in [5, 5.41) is 16.0. The number of aromatic hydroxyl groups is 1. The third-order valence-electron chi connectivity index (χ3n) is 4.45. The Bertz CT molecular complexity index is 1250. The van der Waals surface area contributed by atoms with E-state index in [1.165, 1.54) is 17.3 Å². The van der Waals surface area contributed by atoms with Crippen LogP contribution in [-0.2, 0) is 11.3 Å². The van der Waals surface area contributed by atoms with Crippen LogP contribution >= 0.6 is 0 Å². The fraction of sp³-hybridized carbons (Fsp3) is 0.100. The summed E-state index contributed by atoms with van der Waals surface area (Å²) in [6.07, 6.45) is 2.66. The quantitative estimate of drug-likeness (QED) is 0.655. The molecule has 29 heavy (non-hydrogen) atoms. The van der Waals surface area contributed by atoms with Gasteiger partial charge in [-0.2, -0.15) is 10.1 Å². The number of hydrazone groups is 1. The topological polar surface area (TPSA) is 121 Å². The van der Waals surface area contributed by atoms with Gasteiger partial charge in [0.2, 0.25) is 5.88 Å². The Morgan fingerprint density at radius 3 is 2.59 bits per heavy atom. The molecular formula is C20H16N4O5. The standard InChI is InChI=1S/C20H16N4O5/c1-12-15(19(27)24(22-12)13-6-3-2-4-7-13)10-16-17(25)21-20(28)23(18(16)26)11-14-8-5-9-29-14/h2-10,26H,11H2,1H3,(H,21,25,28). The number of hydrogen-bond donors (Lipinski definition) is 2. The molecule has 0 saturated carbocycles. The molecule has 0 saturated heterocycles. The Morgan fingerprint density at radius 1 is 1.14 bits per heavy atom. The molecule has 3 heterocycles. The number of H-pyrrole nitrogens is 1. The first kappa shape index (κ1) is 18.2. The molecule has 9 nitrogen and oxygen atoms in total. The Hall–Kier alpha value is -4.14. The fourth-order valence-corrected chi connectivity index (χ4v) is 2.98. The lowest BCUT2D eigenvalue weighted by atomic mass is 10.1. The molecule has 0 spiro atoms. The molecule has 1 aliphatic rings. The number of anilines is 1. The van der Waals surface area contributed by atoms with Gasteiger partial charge in [0.15, 0.2) is 0 Å². The third kappa shape index (κ3) is 3.29. The number of nitrogens with one attached hydrogen (secondary N) is 1. The van der Waals surface area contributed by atoms with Gasteiger partial charge in [0.05, 0.1) is 29.8 Å². The van der Waals surface area contributed by atoms with E-state index < -0.39 is 23.0 Å². The van der Waals surface area contributed by atoms with Crippen molar-refractivity contribution >= 4 is 23.4 Å². The van der Waals surface area contributed by atoms with Gasteiger partial charge in [-0.05, 0) is 37.3 Å². The van der Waals surface area contributed by atoms with E-state index in [1.54, 1.807) is 43.3 Å². The average Bonchev–Trinajstić information content (AvgIpc) is 3.31. The third-order valence-corrected chi connectivity index (χ3v) is 4.45. The Kier molecular flexibility index (Phi) is 4.47. The first-order valence-electron chi connectivity index (χ1n) is 8.71. The van der Waals surface area contributed by atoms with Crippen molar-refractivity contribution in [3.05, 3.63) is 86.5 Å². The number of para-hydroxylation sites is 1. The number of nitrogens with zero attached hydrogens (tertiary/aromatic N) is 3. The molecular weight excluding hydrogens is 376 g/mol. The zero-order valence-corrected chi connectivity index (χ0v) is 15.3. The van der Waals surface area contributed by atoms with E-state index >= 15 is 0 Å². The second kappa shape index (κ2) is 7.12. The van der Waals surface area contributed by atoms with E-state index in [9.17, 15) is 19.5 Å². The molecule has 4 rings (SSSR count). The Labute approximate surface area is 163 Å². The number of rotatable bonds is 4. The van der Waals surface area contributed by atoms with Crippen molar-refractivity contribution in [3.63, 3.8) is 0 Å². The summed E-state index contributed by atoms with van der Waals surface area (Å²) in [6.45, 7) is 1.54. The molecule has 0 fully saturated rings. The van der Waals surface area contributed by atoms with Gasteiger partial charge >= 0.3 is 5.69 Å². The minimum Gasteiger partial charge on any atom is -0.494 e. The predicted octanol–water partition coefficient (Wildman–Crippen LogP) is 1.69. The molecule has 0 atom stereocenters. The van der Waals surface area contributed by atoms with E-state index in [4.69, 9.17) is 4.42 Å². The molecule has 0 bridgehead atoms.